The lowest BCUT2D eigenvalue weighted by molar-refractivity contribution is -0.163. The van der Waals surface area contributed by atoms with Gasteiger partial charge in [-0.2, -0.15) is 79.0 Å². The van der Waals surface area contributed by atoms with Gasteiger partial charge in [0.2, 0.25) is 0 Å². The average Bonchev–Trinajstić information content (AvgIpc) is 2.82. The highest BCUT2D eigenvalue weighted by atomic mass is 19.4. The zero-order chi connectivity index (χ0) is 31.0. The van der Waals surface area contributed by atoms with Gasteiger partial charge in [-0.05, 0) is 23.8 Å². The first kappa shape index (κ1) is 31.0. The van der Waals surface area contributed by atoms with Crippen molar-refractivity contribution < 1.29 is 52.7 Å². The molecule has 0 aliphatic heterocycles. The van der Waals surface area contributed by atoms with Crippen molar-refractivity contribution in [3.05, 3.63) is 67.6 Å². The summed E-state index contributed by atoms with van der Waals surface area (Å²) < 4.78 is 166. The van der Waals surface area contributed by atoms with Crippen molar-refractivity contribution in [2.75, 3.05) is 0 Å². The summed E-state index contributed by atoms with van der Waals surface area (Å²) in [6, 6.07) is 3.40. The molecule has 0 saturated heterocycles. The van der Waals surface area contributed by atoms with Gasteiger partial charge in [0.05, 0.1) is 45.0 Å². The van der Waals surface area contributed by atoms with Gasteiger partial charge in [0.15, 0.2) is 0 Å². The van der Waals surface area contributed by atoms with Crippen LogP contribution in [0.15, 0.2) is 18.2 Å². The molecule has 0 aliphatic rings. The minimum Gasteiger partial charge on any atom is -0.192 e. The van der Waals surface area contributed by atoms with Crippen LogP contribution in [0.5, 0.6) is 0 Å². The summed E-state index contributed by atoms with van der Waals surface area (Å²) in [5.41, 5.74) is -19.3. The van der Waals surface area contributed by atoms with Gasteiger partial charge in [0.25, 0.3) is 0 Å². The van der Waals surface area contributed by atoms with Crippen LogP contribution in [0, 0.1) is 56.7 Å². The minimum absolute atomic E-state index is 0.0779. The lowest BCUT2D eigenvalue weighted by Crippen LogP contribution is -2.36. The molecule has 0 heterocycles. The molecule has 0 N–H and O–H groups in total. The molecule has 0 atom stereocenters. The van der Waals surface area contributed by atoms with Crippen molar-refractivity contribution >= 4 is 11.1 Å². The van der Waals surface area contributed by atoms with Gasteiger partial charge < -0.3 is 0 Å². The summed E-state index contributed by atoms with van der Waals surface area (Å²) in [5, 5.41) is 41.9. The Morgan fingerprint density at radius 3 is 1.30 bits per heavy atom. The third-order valence-corrected chi connectivity index (χ3v) is 5.02. The Kier molecular flexibility index (Phi) is 7.88. The maximum atomic E-state index is 14.2. The second-order valence-corrected chi connectivity index (χ2v) is 7.34. The molecule has 40 heavy (non-hydrogen) atoms. The topological polar surface area (TPSA) is 119 Å². The van der Waals surface area contributed by atoms with E-state index in [1.165, 1.54) is 0 Å². The Hall–Kier alpha value is -5.21. The molecule has 2 aromatic carbocycles. The monoisotopic (exact) mass is 577 g/mol. The van der Waals surface area contributed by atoms with Crippen molar-refractivity contribution in [3.63, 3.8) is 0 Å². The number of nitriles is 5. The number of nitrogens with zero attached hydrogens (tertiary/aromatic N) is 5. The van der Waals surface area contributed by atoms with Crippen LogP contribution in [0.4, 0.5) is 52.7 Å². The van der Waals surface area contributed by atoms with Gasteiger partial charge in [0.1, 0.15) is 29.8 Å². The zero-order valence-electron chi connectivity index (χ0n) is 18.5. The van der Waals surface area contributed by atoms with Crippen molar-refractivity contribution in [2.45, 2.75) is 24.7 Å². The molecule has 0 aromatic heterocycles. The largest absolute Gasteiger partial charge is 0.417 e. The fraction of sp³-hybridized carbons (Fsp3) is 0.174. The summed E-state index contributed by atoms with van der Waals surface area (Å²) in [4.78, 5) is 0. The van der Waals surface area contributed by atoms with E-state index in [0.717, 1.165) is 24.3 Å². The van der Waals surface area contributed by atoms with Crippen molar-refractivity contribution in [3.8, 4) is 30.3 Å². The standard InChI is InChI=1S/C23H3F12N5/c24-20(25,26)15-2-9(3-16(14(15)8-40)21(27,28)29)13(7-39)17-10(4-36)1-12(11(5-37)6-38)18(22(30,31)32)19(17)23(33,34)35/h1-3H/b17-13+. The fourth-order valence-electron chi connectivity index (χ4n) is 3.57. The van der Waals surface area contributed by atoms with Crippen LogP contribution in [0.1, 0.15) is 38.9 Å². The average molecular weight is 577 g/mol. The Balaban J connectivity index is 3.61. The third kappa shape index (κ3) is 5.62. The summed E-state index contributed by atoms with van der Waals surface area (Å²) >= 11 is 0. The highest BCUT2D eigenvalue weighted by Crippen LogP contribution is 2.42. The Labute approximate surface area is 213 Å². The van der Waals surface area contributed by atoms with E-state index in [0.29, 0.717) is 6.07 Å². The summed E-state index contributed by atoms with van der Waals surface area (Å²) in [5.74, 6) is 0. The van der Waals surface area contributed by atoms with Crippen LogP contribution in [0.3, 0.4) is 0 Å². The molecule has 5 nitrogen and oxygen atoms in total. The predicted molar refractivity (Wildman–Crippen MR) is 104 cm³/mol. The van der Waals surface area contributed by atoms with Crippen LogP contribution in [-0.4, -0.2) is 0 Å². The van der Waals surface area contributed by atoms with Gasteiger partial charge in [0, 0.05) is 10.4 Å². The second kappa shape index (κ2) is 10.2. The molecular formula is C23H3F12N5. The van der Waals surface area contributed by atoms with Crippen molar-refractivity contribution in [1.29, 1.82) is 26.3 Å². The van der Waals surface area contributed by atoms with Gasteiger partial charge in [-0.15, -0.1) is 0 Å². The molecule has 0 bridgehead atoms. The Morgan fingerprint density at radius 1 is 0.550 bits per heavy atom. The second-order valence-electron chi connectivity index (χ2n) is 7.34. The smallest absolute Gasteiger partial charge is 0.192 e. The van der Waals surface area contributed by atoms with E-state index in [1.54, 1.807) is 0 Å². The number of alkyl halides is 12. The molecule has 0 saturated carbocycles. The van der Waals surface area contributed by atoms with Gasteiger partial charge >= 0.3 is 24.7 Å². The van der Waals surface area contributed by atoms with Crippen LogP contribution < -0.4 is 10.4 Å². The first-order chi connectivity index (χ1) is 18.2. The normalized spacial score (nSPS) is 12.8. The summed E-state index contributed by atoms with van der Waals surface area (Å²) in [6.45, 7) is 0. The van der Waals surface area contributed by atoms with Gasteiger partial charge in [-0.1, -0.05) is 0 Å². The van der Waals surface area contributed by atoms with E-state index in [1.807, 2.05) is 0 Å². The maximum absolute atomic E-state index is 14.2. The fourth-order valence-corrected chi connectivity index (χ4v) is 3.57. The SMILES string of the molecule is N#CC(C#N)=c1cc(C#N)/c(=C(/C#N)c2cc(C(F)(F)F)c(C#N)c(C(F)(F)F)c2)c(C(F)(F)F)c1C(F)(F)F. The Morgan fingerprint density at radius 2 is 1.00 bits per heavy atom. The first-order valence-electron chi connectivity index (χ1n) is 9.62. The Bertz CT molecular complexity index is 1690. The lowest BCUT2D eigenvalue weighted by atomic mass is 9.88. The molecule has 2 rings (SSSR count). The van der Waals surface area contributed by atoms with E-state index in [4.69, 9.17) is 15.8 Å². The quantitative estimate of drug-likeness (QED) is 0.419. The molecule has 17 heteroatoms. The first-order valence-corrected chi connectivity index (χ1v) is 9.62. The molecule has 0 amide bonds. The number of benzene rings is 2. The zero-order valence-corrected chi connectivity index (χ0v) is 18.5. The van der Waals surface area contributed by atoms with Crippen LogP contribution >= 0.6 is 0 Å². The molecular weight excluding hydrogens is 574 g/mol. The van der Waals surface area contributed by atoms with Crippen LogP contribution in [-0.2, 0) is 24.7 Å². The summed E-state index contributed by atoms with van der Waals surface area (Å²) in [6.07, 6.45) is -23.9. The van der Waals surface area contributed by atoms with E-state index in [2.05, 4.69) is 0 Å². The van der Waals surface area contributed by atoms with Crippen LogP contribution in [0.2, 0.25) is 0 Å². The lowest BCUT2D eigenvalue weighted by Gasteiger charge is -2.20. The molecule has 0 spiro atoms. The van der Waals surface area contributed by atoms with Gasteiger partial charge in [-0.25, -0.2) is 0 Å². The summed E-state index contributed by atoms with van der Waals surface area (Å²) in [7, 11) is 0. The molecule has 0 radical (unpaired) electrons. The molecule has 0 aliphatic carbocycles. The highest BCUT2D eigenvalue weighted by Gasteiger charge is 2.47. The number of rotatable bonds is 1. The number of halogens is 12. The van der Waals surface area contributed by atoms with Crippen molar-refractivity contribution in [2.24, 2.45) is 0 Å². The molecule has 0 fully saturated rings. The third-order valence-electron chi connectivity index (χ3n) is 5.02. The van der Waals surface area contributed by atoms with Crippen molar-refractivity contribution in [1.82, 2.24) is 0 Å². The predicted octanol–water partition coefficient (Wildman–Crippen LogP) is 5.43. The molecule has 204 valence electrons. The van der Waals surface area contributed by atoms with E-state index < -0.39 is 85.2 Å². The maximum Gasteiger partial charge on any atom is 0.417 e. The number of hydrogen-bond acceptors (Lipinski definition) is 5. The number of hydrogen-bond donors (Lipinski definition) is 0. The van der Waals surface area contributed by atoms with Crippen LogP contribution in [0.25, 0.3) is 11.1 Å². The van der Waals surface area contributed by atoms with Gasteiger partial charge in [-0.3, -0.25) is 0 Å². The highest BCUT2D eigenvalue weighted by molar-refractivity contribution is 5.81. The van der Waals surface area contributed by atoms with E-state index >= 15 is 0 Å². The van der Waals surface area contributed by atoms with E-state index in [9.17, 15) is 63.2 Å². The molecule has 0 unspecified atom stereocenters. The van der Waals surface area contributed by atoms with E-state index in [-0.39, 0.29) is 18.2 Å². The minimum atomic E-state index is -6.22. The molecule has 2 aromatic rings.